The van der Waals surface area contributed by atoms with Crippen LogP contribution in [-0.2, 0) is 4.79 Å². The fourth-order valence-corrected chi connectivity index (χ4v) is 5.01. The zero-order valence-electron chi connectivity index (χ0n) is 17.9. The number of aryl methyl sites for hydroxylation is 4. The summed E-state index contributed by atoms with van der Waals surface area (Å²) in [6.07, 6.45) is 0. The van der Waals surface area contributed by atoms with Gasteiger partial charge in [-0.2, -0.15) is 0 Å². The quantitative estimate of drug-likeness (QED) is 0.327. The summed E-state index contributed by atoms with van der Waals surface area (Å²) >= 11 is 2.65. The molecule has 0 aliphatic heterocycles. The predicted molar refractivity (Wildman–Crippen MR) is 130 cm³/mol. The fraction of sp³-hybridized carbons (Fsp3) is 0.208. The van der Waals surface area contributed by atoms with Crippen molar-refractivity contribution >= 4 is 44.9 Å². The van der Waals surface area contributed by atoms with Crippen LogP contribution in [0.2, 0.25) is 0 Å². The molecule has 4 rings (SSSR count). The van der Waals surface area contributed by atoms with E-state index in [4.69, 9.17) is 4.98 Å². The number of anilines is 1. The van der Waals surface area contributed by atoms with Crippen molar-refractivity contribution in [2.24, 2.45) is 0 Å². The summed E-state index contributed by atoms with van der Waals surface area (Å²) < 4.78 is 2.24. The molecule has 1 N–H and O–H groups in total. The number of benzene rings is 2. The molecule has 2 heterocycles. The van der Waals surface area contributed by atoms with E-state index in [9.17, 15) is 9.59 Å². The van der Waals surface area contributed by atoms with Gasteiger partial charge in [0, 0.05) is 5.69 Å². The first kappa shape index (κ1) is 21.3. The summed E-state index contributed by atoms with van der Waals surface area (Å²) in [5, 5.41) is 5.35. The number of rotatable bonds is 5. The van der Waals surface area contributed by atoms with Crippen molar-refractivity contribution < 1.29 is 4.79 Å². The van der Waals surface area contributed by atoms with Gasteiger partial charge < -0.3 is 5.32 Å². The Kier molecular flexibility index (Phi) is 5.98. The first-order chi connectivity index (χ1) is 14.8. The van der Waals surface area contributed by atoms with Crippen LogP contribution in [-0.4, -0.2) is 21.2 Å². The number of fused-ring (bicyclic) bond motifs is 1. The number of thiophene rings is 1. The van der Waals surface area contributed by atoms with Gasteiger partial charge in [-0.1, -0.05) is 41.6 Å². The van der Waals surface area contributed by atoms with E-state index in [1.165, 1.54) is 23.1 Å². The molecule has 0 fully saturated rings. The summed E-state index contributed by atoms with van der Waals surface area (Å²) in [7, 11) is 0. The minimum atomic E-state index is -0.134. The number of aromatic nitrogens is 2. The maximum Gasteiger partial charge on any atom is 0.276 e. The predicted octanol–water partition coefficient (Wildman–Crippen LogP) is 5.41. The van der Waals surface area contributed by atoms with E-state index >= 15 is 0 Å². The van der Waals surface area contributed by atoms with Crippen LogP contribution >= 0.6 is 23.1 Å². The lowest BCUT2D eigenvalue weighted by atomic mass is 10.1. The highest BCUT2D eigenvalue weighted by Crippen LogP contribution is 2.26. The van der Waals surface area contributed by atoms with Gasteiger partial charge in [0.1, 0.15) is 4.70 Å². The molecule has 0 bridgehead atoms. The first-order valence-corrected chi connectivity index (χ1v) is 11.8. The van der Waals surface area contributed by atoms with Crippen LogP contribution in [0.1, 0.15) is 22.3 Å². The lowest BCUT2D eigenvalue weighted by Crippen LogP contribution is -2.23. The van der Waals surface area contributed by atoms with Gasteiger partial charge >= 0.3 is 0 Å². The fourth-order valence-electron chi connectivity index (χ4n) is 3.44. The minimum Gasteiger partial charge on any atom is -0.325 e. The number of hydrogen-bond donors (Lipinski definition) is 1. The summed E-state index contributed by atoms with van der Waals surface area (Å²) in [6.45, 7) is 7.96. The normalized spacial score (nSPS) is 11.1. The molecule has 0 radical (unpaired) electrons. The Hall–Kier alpha value is -2.90. The molecule has 0 saturated carbocycles. The highest BCUT2D eigenvalue weighted by Gasteiger charge is 2.17. The first-order valence-electron chi connectivity index (χ1n) is 9.91. The molecule has 2 aromatic heterocycles. The highest BCUT2D eigenvalue weighted by atomic mass is 32.2. The van der Waals surface area contributed by atoms with Crippen molar-refractivity contribution in [3.05, 3.63) is 80.5 Å². The summed E-state index contributed by atoms with van der Waals surface area (Å²) in [4.78, 5) is 30.7. The molecule has 158 valence electrons. The second-order valence-electron chi connectivity index (χ2n) is 7.62. The largest absolute Gasteiger partial charge is 0.325 e. The molecule has 0 aliphatic carbocycles. The van der Waals surface area contributed by atoms with E-state index in [1.54, 1.807) is 4.57 Å². The third-order valence-corrected chi connectivity index (χ3v) is 6.87. The number of amides is 1. The van der Waals surface area contributed by atoms with Crippen LogP contribution in [0.3, 0.4) is 0 Å². The molecule has 0 saturated heterocycles. The van der Waals surface area contributed by atoms with Gasteiger partial charge in [-0.15, -0.1) is 11.3 Å². The van der Waals surface area contributed by atoms with Gasteiger partial charge in [-0.05, 0) is 68.0 Å². The van der Waals surface area contributed by atoms with Gasteiger partial charge in [0.15, 0.2) is 5.16 Å². The van der Waals surface area contributed by atoms with Crippen LogP contribution in [0, 0.1) is 27.7 Å². The molecule has 4 aromatic rings. The monoisotopic (exact) mass is 449 g/mol. The average Bonchev–Trinajstić information content (AvgIpc) is 3.19. The average molecular weight is 450 g/mol. The van der Waals surface area contributed by atoms with Gasteiger partial charge in [-0.25, -0.2) is 4.98 Å². The topological polar surface area (TPSA) is 64.0 Å². The molecular formula is C24H23N3O2S2. The lowest BCUT2D eigenvalue weighted by Gasteiger charge is -2.15. The maximum atomic E-state index is 13.3. The standard InChI is InChI=1S/C24H23N3O2S2/c1-14-6-8-20(17(4)11-14)27-23(29)22-18(9-10-30-22)26-24(27)31-13-21(28)25-19-12-15(2)5-7-16(19)3/h5-12H,13H2,1-4H3,(H,25,28). The number of hydrogen-bond acceptors (Lipinski definition) is 5. The van der Waals surface area contributed by atoms with Gasteiger partial charge in [0.25, 0.3) is 5.56 Å². The Morgan fingerprint density at radius 2 is 1.77 bits per heavy atom. The highest BCUT2D eigenvalue weighted by molar-refractivity contribution is 7.99. The smallest absolute Gasteiger partial charge is 0.276 e. The van der Waals surface area contributed by atoms with Crippen molar-refractivity contribution in [2.75, 3.05) is 11.1 Å². The third-order valence-electron chi connectivity index (χ3n) is 5.04. The van der Waals surface area contributed by atoms with Crippen molar-refractivity contribution in [2.45, 2.75) is 32.9 Å². The molecule has 2 aromatic carbocycles. The van der Waals surface area contributed by atoms with Crippen molar-refractivity contribution in [1.29, 1.82) is 0 Å². The number of carbonyl (C=O) groups excluding carboxylic acids is 1. The van der Waals surface area contributed by atoms with Gasteiger partial charge in [0.2, 0.25) is 5.91 Å². The SMILES string of the molecule is Cc1ccc(-n2c(SCC(=O)Nc3cc(C)ccc3C)nc3ccsc3c2=O)c(C)c1. The number of nitrogens with zero attached hydrogens (tertiary/aromatic N) is 2. The van der Waals surface area contributed by atoms with E-state index in [1.807, 2.05) is 75.5 Å². The Labute approximate surface area is 189 Å². The third kappa shape index (κ3) is 4.43. The molecule has 0 atom stereocenters. The Morgan fingerprint density at radius 3 is 2.55 bits per heavy atom. The van der Waals surface area contributed by atoms with Crippen molar-refractivity contribution in [1.82, 2.24) is 9.55 Å². The zero-order chi connectivity index (χ0) is 22.1. The van der Waals surface area contributed by atoms with Gasteiger partial charge in [-0.3, -0.25) is 14.2 Å². The molecule has 0 unspecified atom stereocenters. The summed E-state index contributed by atoms with van der Waals surface area (Å²) in [5.41, 5.74) is 6.35. The number of thioether (sulfide) groups is 1. The molecule has 0 aliphatic rings. The summed E-state index contributed by atoms with van der Waals surface area (Å²) in [5.74, 6) is 0.0194. The van der Waals surface area contributed by atoms with Crippen LogP contribution < -0.4 is 10.9 Å². The van der Waals surface area contributed by atoms with Gasteiger partial charge in [0.05, 0.1) is 17.0 Å². The van der Waals surface area contributed by atoms with E-state index in [2.05, 4.69) is 5.32 Å². The number of nitrogens with one attached hydrogen (secondary N) is 1. The summed E-state index contributed by atoms with van der Waals surface area (Å²) in [6, 6.07) is 13.8. The van der Waals surface area contributed by atoms with Crippen molar-refractivity contribution in [3.63, 3.8) is 0 Å². The van der Waals surface area contributed by atoms with E-state index < -0.39 is 0 Å². The second kappa shape index (κ2) is 8.69. The lowest BCUT2D eigenvalue weighted by molar-refractivity contribution is -0.113. The van der Waals surface area contributed by atoms with Crippen molar-refractivity contribution in [3.8, 4) is 5.69 Å². The molecule has 7 heteroatoms. The Bertz CT molecular complexity index is 1350. The van der Waals surface area contributed by atoms with E-state index in [-0.39, 0.29) is 17.2 Å². The molecule has 31 heavy (non-hydrogen) atoms. The number of carbonyl (C=O) groups is 1. The molecule has 1 amide bonds. The molecular weight excluding hydrogens is 426 g/mol. The van der Waals surface area contributed by atoms with Crippen LogP contribution in [0.5, 0.6) is 0 Å². The van der Waals surface area contributed by atoms with Crippen LogP contribution in [0.15, 0.2) is 57.8 Å². The van der Waals surface area contributed by atoms with Crippen LogP contribution in [0.25, 0.3) is 15.9 Å². The van der Waals surface area contributed by atoms with E-state index in [0.29, 0.717) is 15.4 Å². The second-order valence-corrected chi connectivity index (χ2v) is 9.47. The van der Waals surface area contributed by atoms with Crippen LogP contribution in [0.4, 0.5) is 5.69 Å². The molecule has 5 nitrogen and oxygen atoms in total. The molecule has 0 spiro atoms. The zero-order valence-corrected chi connectivity index (χ0v) is 19.5. The Morgan fingerprint density at radius 1 is 1.03 bits per heavy atom. The Balaban J connectivity index is 1.67. The minimum absolute atomic E-state index is 0.107. The van der Waals surface area contributed by atoms with E-state index in [0.717, 1.165) is 33.6 Å². The maximum absolute atomic E-state index is 13.3.